The maximum absolute atomic E-state index is 14.8. The minimum atomic E-state index is -5.28. The van der Waals surface area contributed by atoms with Crippen LogP contribution < -0.4 is 20.5 Å². The molecule has 2 aromatic heterocycles. The lowest BCUT2D eigenvalue weighted by atomic mass is 9.81. The SMILES string of the molecule is COc1cc(C(=O)NCC(O)(c2cc3c(c(-c4ccc5c(c4)CC5)n2)OC[C@]3(C)C(N)=O)C(F)(F)F)cc2cn(C3CC3)nc12. The predicted octanol–water partition coefficient (Wildman–Crippen LogP) is 3.86. The van der Waals surface area contributed by atoms with E-state index in [9.17, 15) is 27.9 Å². The van der Waals surface area contributed by atoms with Gasteiger partial charge >= 0.3 is 6.18 Å². The lowest BCUT2D eigenvalue weighted by Crippen LogP contribution is -2.51. The van der Waals surface area contributed by atoms with Crippen molar-refractivity contribution in [3.05, 3.63) is 70.5 Å². The van der Waals surface area contributed by atoms with Crippen molar-refractivity contribution in [2.45, 2.75) is 55.8 Å². The molecule has 7 rings (SSSR count). The van der Waals surface area contributed by atoms with Crippen molar-refractivity contribution in [3.63, 3.8) is 0 Å². The molecule has 3 heterocycles. The van der Waals surface area contributed by atoms with Gasteiger partial charge in [0.25, 0.3) is 5.91 Å². The molecule has 0 bridgehead atoms. The summed E-state index contributed by atoms with van der Waals surface area (Å²) in [4.78, 5) is 30.1. The van der Waals surface area contributed by atoms with Gasteiger partial charge in [0.1, 0.15) is 34.7 Å². The van der Waals surface area contributed by atoms with Gasteiger partial charge in [-0.2, -0.15) is 18.3 Å². The minimum absolute atomic E-state index is 0.0265. The van der Waals surface area contributed by atoms with Gasteiger partial charge in [0.2, 0.25) is 11.5 Å². The van der Waals surface area contributed by atoms with Gasteiger partial charge in [-0.25, -0.2) is 4.98 Å². The van der Waals surface area contributed by atoms with Crippen LogP contribution in [0.15, 0.2) is 42.6 Å². The molecular formula is C32H30F3N5O5. The van der Waals surface area contributed by atoms with Crippen LogP contribution >= 0.6 is 0 Å². The van der Waals surface area contributed by atoms with Crippen LogP contribution in [-0.4, -0.2) is 58.1 Å². The molecular weight excluding hydrogens is 591 g/mol. The smallest absolute Gasteiger partial charge is 0.424 e. The second kappa shape index (κ2) is 9.93. The Morgan fingerprint density at radius 2 is 1.93 bits per heavy atom. The van der Waals surface area contributed by atoms with Crippen LogP contribution in [0, 0.1) is 0 Å². The van der Waals surface area contributed by atoms with E-state index in [1.54, 1.807) is 16.9 Å². The van der Waals surface area contributed by atoms with Crippen LogP contribution in [0.3, 0.4) is 0 Å². The monoisotopic (exact) mass is 621 g/mol. The van der Waals surface area contributed by atoms with Crippen molar-refractivity contribution >= 4 is 22.7 Å². The van der Waals surface area contributed by atoms with E-state index in [2.05, 4.69) is 15.4 Å². The Hall–Kier alpha value is -4.65. The van der Waals surface area contributed by atoms with Crippen LogP contribution in [-0.2, 0) is 28.7 Å². The molecule has 2 atom stereocenters. The lowest BCUT2D eigenvalue weighted by molar-refractivity contribution is -0.265. The molecule has 2 amide bonds. The number of amides is 2. The highest BCUT2D eigenvalue weighted by atomic mass is 19.4. The summed E-state index contributed by atoms with van der Waals surface area (Å²) < 4.78 is 57.5. The first-order valence-corrected chi connectivity index (χ1v) is 14.6. The van der Waals surface area contributed by atoms with Gasteiger partial charge in [-0.3, -0.25) is 14.3 Å². The first-order chi connectivity index (χ1) is 21.3. The molecule has 0 radical (unpaired) electrons. The Morgan fingerprint density at radius 1 is 1.18 bits per heavy atom. The molecule has 4 aromatic rings. The fourth-order valence-corrected chi connectivity index (χ4v) is 5.92. The molecule has 2 aliphatic carbocycles. The number of primary amides is 1. The highest BCUT2D eigenvalue weighted by Crippen LogP contribution is 2.48. The van der Waals surface area contributed by atoms with Crippen molar-refractivity contribution in [3.8, 4) is 22.8 Å². The maximum atomic E-state index is 14.8. The second-order valence-corrected chi connectivity index (χ2v) is 12.2. The van der Waals surface area contributed by atoms with E-state index in [0.717, 1.165) is 42.9 Å². The first-order valence-electron chi connectivity index (χ1n) is 14.6. The number of aliphatic hydroxyl groups is 1. The molecule has 1 saturated carbocycles. The fourth-order valence-electron chi connectivity index (χ4n) is 5.92. The van der Waals surface area contributed by atoms with E-state index in [0.29, 0.717) is 16.5 Å². The first kappa shape index (κ1) is 29.1. The molecule has 4 N–H and O–H groups in total. The van der Waals surface area contributed by atoms with Gasteiger partial charge in [0.15, 0.2) is 0 Å². The number of aryl methyl sites for hydroxylation is 2. The van der Waals surface area contributed by atoms with Crippen molar-refractivity contribution in [2.75, 3.05) is 20.3 Å². The molecule has 3 aliphatic rings. The lowest BCUT2D eigenvalue weighted by Gasteiger charge is -2.31. The number of carbonyl (C=O) groups is 2. The number of alkyl halides is 3. The maximum Gasteiger partial charge on any atom is 0.424 e. The van der Waals surface area contributed by atoms with Crippen LogP contribution in [0.4, 0.5) is 13.2 Å². The number of aromatic nitrogens is 3. The van der Waals surface area contributed by atoms with Gasteiger partial charge < -0.3 is 25.6 Å². The van der Waals surface area contributed by atoms with Crippen LogP contribution in [0.2, 0.25) is 0 Å². The summed E-state index contributed by atoms with van der Waals surface area (Å²) >= 11 is 0. The molecule has 2 aromatic carbocycles. The van der Waals surface area contributed by atoms with E-state index >= 15 is 0 Å². The number of rotatable bonds is 8. The summed E-state index contributed by atoms with van der Waals surface area (Å²) in [7, 11) is 1.41. The Kier molecular flexibility index (Phi) is 6.42. The summed E-state index contributed by atoms with van der Waals surface area (Å²) in [6.45, 7) is -0.000165. The standard InChI is InChI=1S/C32H30F3N5O5/c1-30(29(36)42)15-45-27-22(30)12-24(38-26(27)18-6-4-16-3-5-17(16)9-18)31(43,32(33,34)35)14-37-28(41)19-10-20-13-40(21-7-8-21)39-25(20)23(11-19)44-2/h4,6,9-13,21,43H,3,5,7-8,14-15H2,1-2H3,(H2,36,42)(H,37,41)/t30-,31?/m0/s1. The van der Waals surface area contributed by atoms with Crippen molar-refractivity contribution < 1.29 is 37.3 Å². The zero-order valence-electron chi connectivity index (χ0n) is 24.5. The van der Waals surface area contributed by atoms with Crippen molar-refractivity contribution in [2.24, 2.45) is 5.73 Å². The van der Waals surface area contributed by atoms with Crippen LogP contribution in [0.25, 0.3) is 22.2 Å². The number of fused-ring (bicyclic) bond motifs is 3. The van der Waals surface area contributed by atoms with Crippen LogP contribution in [0.1, 0.15) is 58.5 Å². The van der Waals surface area contributed by atoms with E-state index in [1.165, 1.54) is 26.2 Å². The zero-order chi connectivity index (χ0) is 31.9. The second-order valence-electron chi connectivity index (χ2n) is 12.2. The number of carbonyl (C=O) groups excluding carboxylic acids is 2. The number of nitrogens with two attached hydrogens (primary N) is 1. The third kappa shape index (κ3) is 4.59. The molecule has 0 saturated heterocycles. The highest BCUT2D eigenvalue weighted by Gasteiger charge is 2.57. The van der Waals surface area contributed by atoms with E-state index in [4.69, 9.17) is 15.2 Å². The number of ether oxygens (including phenoxy) is 2. The zero-order valence-corrected chi connectivity index (χ0v) is 24.5. The van der Waals surface area contributed by atoms with Gasteiger partial charge in [-0.05, 0) is 68.0 Å². The van der Waals surface area contributed by atoms with Crippen molar-refractivity contribution in [1.82, 2.24) is 20.1 Å². The third-order valence-corrected chi connectivity index (χ3v) is 9.15. The summed E-state index contributed by atoms with van der Waals surface area (Å²) in [5.74, 6) is -1.26. The summed E-state index contributed by atoms with van der Waals surface area (Å²) in [6, 6.07) is 9.57. The number of hydrogen-bond donors (Lipinski definition) is 3. The molecule has 10 nitrogen and oxygen atoms in total. The molecule has 1 aliphatic heterocycles. The van der Waals surface area contributed by atoms with Gasteiger partial charge in [-0.15, -0.1) is 0 Å². The summed E-state index contributed by atoms with van der Waals surface area (Å²) in [5.41, 5.74) is 3.06. The average Bonchev–Trinajstić information content (AvgIpc) is 3.66. The fraction of sp³-hybridized carbons (Fsp3) is 0.375. The van der Waals surface area contributed by atoms with Gasteiger partial charge in [0.05, 0.1) is 25.4 Å². The number of halogens is 3. The molecule has 45 heavy (non-hydrogen) atoms. The van der Waals surface area contributed by atoms with Gasteiger partial charge in [-0.1, -0.05) is 12.1 Å². The number of pyridine rings is 1. The minimum Gasteiger partial charge on any atom is -0.494 e. The largest absolute Gasteiger partial charge is 0.494 e. The quantitative estimate of drug-likeness (QED) is 0.271. The number of nitrogens with one attached hydrogen (secondary N) is 1. The predicted molar refractivity (Wildman–Crippen MR) is 156 cm³/mol. The molecule has 234 valence electrons. The Balaban J connectivity index is 1.28. The van der Waals surface area contributed by atoms with E-state index < -0.39 is 41.2 Å². The van der Waals surface area contributed by atoms with E-state index in [1.807, 2.05) is 12.1 Å². The number of nitrogens with zero attached hydrogens (tertiary/aromatic N) is 3. The van der Waals surface area contributed by atoms with Gasteiger partial charge in [0, 0.05) is 28.3 Å². The Labute approximate surface area is 255 Å². The normalized spacial score (nSPS) is 20.0. The molecule has 13 heteroatoms. The number of benzene rings is 2. The molecule has 1 fully saturated rings. The summed E-state index contributed by atoms with van der Waals surface area (Å²) in [5, 5.41) is 18.7. The molecule has 1 unspecified atom stereocenters. The topological polar surface area (TPSA) is 142 Å². The Bertz CT molecular complexity index is 1900. The number of methoxy groups -OCH3 is 1. The highest BCUT2D eigenvalue weighted by molar-refractivity contribution is 6.00. The summed E-state index contributed by atoms with van der Waals surface area (Å²) in [6.07, 6.45) is 0.149. The third-order valence-electron chi connectivity index (χ3n) is 9.15. The molecule has 0 spiro atoms. The number of hydrogen-bond acceptors (Lipinski definition) is 7. The van der Waals surface area contributed by atoms with Crippen molar-refractivity contribution in [1.29, 1.82) is 0 Å². The Morgan fingerprint density at radius 3 is 2.56 bits per heavy atom. The average molecular weight is 622 g/mol. The van der Waals surface area contributed by atoms with Crippen LogP contribution in [0.5, 0.6) is 11.5 Å². The van der Waals surface area contributed by atoms with E-state index in [-0.39, 0.29) is 41.0 Å².